The molecule has 0 radical (unpaired) electrons. The lowest BCUT2D eigenvalue weighted by atomic mass is 9.81. The van der Waals surface area contributed by atoms with Gasteiger partial charge in [-0.3, -0.25) is 0 Å². The molecule has 3 aromatic rings. The zero-order valence-corrected chi connectivity index (χ0v) is 23.5. The number of benzene rings is 3. The van der Waals surface area contributed by atoms with Crippen molar-refractivity contribution < 1.29 is 0 Å². The molecule has 1 N–H and O–H groups in total. The fraction of sp³-hybridized carbons (Fsp3) is 0.333. The Bertz CT molecular complexity index is 1180. The molecule has 1 aliphatic rings. The van der Waals surface area contributed by atoms with Crippen molar-refractivity contribution in [2.45, 2.75) is 70.1 Å². The van der Waals surface area contributed by atoms with Gasteiger partial charge in [0.1, 0.15) is 0 Å². The summed E-state index contributed by atoms with van der Waals surface area (Å²) in [5.74, 6) is 0.835. The van der Waals surface area contributed by atoms with E-state index in [2.05, 4.69) is 143 Å². The predicted octanol–water partition coefficient (Wildman–Crippen LogP) is 9.82. The Hall–Kier alpha value is -2.91. The van der Waals surface area contributed by atoms with E-state index in [1.54, 1.807) is 0 Å². The van der Waals surface area contributed by atoms with Gasteiger partial charge in [0.15, 0.2) is 0 Å². The minimum Gasteiger partial charge on any atom is -0.356 e. The van der Waals surface area contributed by atoms with Crippen LogP contribution in [0.25, 0.3) is 0 Å². The topological polar surface area (TPSA) is 15.3 Å². The summed E-state index contributed by atoms with van der Waals surface area (Å²) in [5.41, 5.74) is 7.70. The maximum Gasteiger partial charge on any atom is 0.0734 e. The normalized spacial score (nSPS) is 13.9. The molecular weight excluding hydrogens is 456 g/mol. The third-order valence-electron chi connectivity index (χ3n) is 6.53. The van der Waals surface area contributed by atoms with Gasteiger partial charge in [-0.2, -0.15) is 0 Å². The van der Waals surface area contributed by atoms with Gasteiger partial charge in [-0.1, -0.05) is 78.0 Å². The van der Waals surface area contributed by atoms with Crippen molar-refractivity contribution in [3.8, 4) is 0 Å². The first-order valence-corrected chi connectivity index (χ1v) is 13.9. The molecule has 0 heterocycles. The second-order valence-corrected chi connectivity index (χ2v) is 12.6. The third-order valence-corrected chi connectivity index (χ3v) is 7.49. The highest BCUT2D eigenvalue weighted by Crippen LogP contribution is 2.36. The Balaban J connectivity index is 1.59. The van der Waals surface area contributed by atoms with Gasteiger partial charge >= 0.3 is 0 Å². The molecular formula is C33H40N2S. The first-order valence-electron chi connectivity index (χ1n) is 12.9. The van der Waals surface area contributed by atoms with Crippen molar-refractivity contribution in [3.05, 3.63) is 108 Å². The first-order chi connectivity index (χ1) is 17.1. The zero-order valence-electron chi connectivity index (χ0n) is 22.6. The molecule has 0 amide bonds. The summed E-state index contributed by atoms with van der Waals surface area (Å²) in [6.07, 6.45) is 8.89. The van der Waals surface area contributed by atoms with E-state index < -0.39 is 0 Å². The van der Waals surface area contributed by atoms with Crippen LogP contribution in [0.2, 0.25) is 0 Å². The summed E-state index contributed by atoms with van der Waals surface area (Å²) in [6, 6.07) is 26.6. The van der Waals surface area contributed by atoms with E-state index in [4.69, 9.17) is 0 Å². The summed E-state index contributed by atoms with van der Waals surface area (Å²) < 4.78 is 0. The van der Waals surface area contributed by atoms with Crippen LogP contribution >= 0.6 is 11.8 Å². The van der Waals surface area contributed by atoms with Crippen LogP contribution in [0.15, 0.2) is 102 Å². The molecule has 0 aromatic heterocycles. The molecule has 0 aliphatic heterocycles. The molecule has 3 heteroatoms. The number of rotatable bonds is 7. The second kappa shape index (κ2) is 11.0. The van der Waals surface area contributed by atoms with E-state index in [-0.39, 0.29) is 10.8 Å². The van der Waals surface area contributed by atoms with Gasteiger partial charge < -0.3 is 10.2 Å². The molecule has 188 valence electrons. The molecule has 1 aliphatic carbocycles. The number of para-hydroxylation sites is 1. The average molecular weight is 497 g/mol. The highest BCUT2D eigenvalue weighted by atomic mass is 32.2. The number of thioether (sulfide) groups is 1. The van der Waals surface area contributed by atoms with Crippen LogP contribution < -0.4 is 10.2 Å². The highest BCUT2D eigenvalue weighted by molar-refractivity contribution is 7.99. The average Bonchev–Trinajstić information content (AvgIpc) is 2.85. The summed E-state index contributed by atoms with van der Waals surface area (Å²) >= 11 is 1.90. The standard InChI is InChI=1S/C33H40N2S/c1-32(2,3)25-21-26(33(4,5)6)23-31(22-25)36-24-35(29-15-11-8-12-16-29)30-19-17-28(18-20-30)34-27-13-9-7-10-14-27/h8-9,11-23,34H,7,10,24H2,1-6H3. The van der Waals surface area contributed by atoms with E-state index in [0.717, 1.165) is 24.4 Å². The smallest absolute Gasteiger partial charge is 0.0734 e. The molecule has 0 unspecified atom stereocenters. The van der Waals surface area contributed by atoms with Gasteiger partial charge in [-0.25, -0.2) is 0 Å². The van der Waals surface area contributed by atoms with Crippen molar-refractivity contribution in [2.75, 3.05) is 16.1 Å². The quantitative estimate of drug-likeness (QED) is 0.259. The van der Waals surface area contributed by atoms with Gasteiger partial charge in [0, 0.05) is 27.7 Å². The number of hydrogen-bond acceptors (Lipinski definition) is 3. The lowest BCUT2D eigenvalue weighted by Gasteiger charge is -2.28. The van der Waals surface area contributed by atoms with E-state index >= 15 is 0 Å². The van der Waals surface area contributed by atoms with Crippen LogP contribution in [0.4, 0.5) is 17.1 Å². The largest absolute Gasteiger partial charge is 0.356 e. The summed E-state index contributed by atoms with van der Waals surface area (Å²) in [7, 11) is 0. The van der Waals surface area contributed by atoms with E-state index in [1.165, 1.54) is 33.1 Å². The molecule has 3 aromatic carbocycles. The molecule has 0 saturated carbocycles. The van der Waals surface area contributed by atoms with Crippen LogP contribution in [-0.4, -0.2) is 5.88 Å². The van der Waals surface area contributed by atoms with Crippen molar-refractivity contribution in [1.29, 1.82) is 0 Å². The summed E-state index contributed by atoms with van der Waals surface area (Å²) in [5, 5.41) is 3.54. The van der Waals surface area contributed by atoms with Crippen LogP contribution in [0, 0.1) is 0 Å². The maximum absolute atomic E-state index is 3.54. The molecule has 0 saturated heterocycles. The fourth-order valence-electron chi connectivity index (χ4n) is 4.19. The first kappa shape index (κ1) is 26.2. The van der Waals surface area contributed by atoms with Gasteiger partial charge in [-0.15, -0.1) is 11.8 Å². The number of nitrogens with one attached hydrogen (secondary N) is 1. The number of anilines is 3. The van der Waals surface area contributed by atoms with Crippen LogP contribution in [-0.2, 0) is 10.8 Å². The molecule has 2 nitrogen and oxygen atoms in total. The number of nitrogens with zero attached hydrogens (tertiary/aromatic N) is 1. The number of allylic oxidation sites excluding steroid dienone is 3. The molecule has 0 bridgehead atoms. The molecule has 0 spiro atoms. The van der Waals surface area contributed by atoms with Gasteiger partial charge in [0.25, 0.3) is 0 Å². The lowest BCUT2D eigenvalue weighted by molar-refractivity contribution is 0.565. The predicted molar refractivity (Wildman–Crippen MR) is 160 cm³/mol. The Morgan fingerprint density at radius 2 is 1.36 bits per heavy atom. The molecule has 4 rings (SSSR count). The highest BCUT2D eigenvalue weighted by Gasteiger charge is 2.21. The molecule has 0 atom stereocenters. The fourth-order valence-corrected chi connectivity index (χ4v) is 5.19. The Morgan fingerprint density at radius 3 is 1.92 bits per heavy atom. The Morgan fingerprint density at radius 1 is 0.750 bits per heavy atom. The monoisotopic (exact) mass is 496 g/mol. The Kier molecular flexibility index (Phi) is 8.00. The van der Waals surface area contributed by atoms with Crippen molar-refractivity contribution in [1.82, 2.24) is 0 Å². The molecule has 0 fully saturated rings. The minimum atomic E-state index is 0.113. The maximum atomic E-state index is 3.54. The third kappa shape index (κ3) is 6.85. The Labute approximate surface area is 222 Å². The lowest BCUT2D eigenvalue weighted by Crippen LogP contribution is -2.18. The van der Waals surface area contributed by atoms with Crippen molar-refractivity contribution in [3.63, 3.8) is 0 Å². The molecule has 36 heavy (non-hydrogen) atoms. The van der Waals surface area contributed by atoms with Gasteiger partial charge in [0.2, 0.25) is 0 Å². The van der Waals surface area contributed by atoms with E-state index in [0.29, 0.717) is 0 Å². The van der Waals surface area contributed by atoms with Crippen LogP contribution in [0.1, 0.15) is 65.5 Å². The zero-order chi connectivity index (χ0) is 25.8. The summed E-state index contributed by atoms with van der Waals surface area (Å²) in [6.45, 7) is 13.8. The van der Waals surface area contributed by atoms with E-state index in [1.807, 2.05) is 11.8 Å². The van der Waals surface area contributed by atoms with Crippen LogP contribution in [0.5, 0.6) is 0 Å². The van der Waals surface area contributed by atoms with Gasteiger partial charge in [-0.05, 0) is 89.4 Å². The van der Waals surface area contributed by atoms with Crippen LogP contribution in [0.3, 0.4) is 0 Å². The summed E-state index contributed by atoms with van der Waals surface area (Å²) in [4.78, 5) is 3.72. The minimum absolute atomic E-state index is 0.113. The second-order valence-electron chi connectivity index (χ2n) is 11.6. The number of hydrogen-bond donors (Lipinski definition) is 1. The van der Waals surface area contributed by atoms with Crippen molar-refractivity contribution in [2.24, 2.45) is 0 Å². The SMILES string of the molecule is CC(C)(C)c1cc(SCN(c2ccccc2)c2ccc(NC3=CCCC=C3)cc2)cc(C(C)(C)C)c1. The van der Waals surface area contributed by atoms with Crippen molar-refractivity contribution >= 4 is 28.8 Å². The van der Waals surface area contributed by atoms with Gasteiger partial charge in [0.05, 0.1) is 5.88 Å². The van der Waals surface area contributed by atoms with E-state index in [9.17, 15) is 0 Å².